The summed E-state index contributed by atoms with van der Waals surface area (Å²) in [5.41, 5.74) is 0.820. The van der Waals surface area contributed by atoms with Gasteiger partial charge in [0.2, 0.25) is 0 Å². The van der Waals surface area contributed by atoms with E-state index in [4.69, 9.17) is 4.74 Å². The molecule has 2 heterocycles. The third-order valence-corrected chi connectivity index (χ3v) is 4.32. The second-order valence-electron chi connectivity index (χ2n) is 4.62. The Labute approximate surface area is 118 Å². The van der Waals surface area contributed by atoms with E-state index in [-0.39, 0.29) is 12.4 Å². The van der Waals surface area contributed by atoms with Crippen LogP contribution in [0.4, 0.5) is 0 Å². The Morgan fingerprint density at radius 1 is 1.58 bits per heavy atom. The van der Waals surface area contributed by atoms with Gasteiger partial charge in [0.1, 0.15) is 5.01 Å². The van der Waals surface area contributed by atoms with Crippen molar-refractivity contribution < 1.29 is 9.53 Å². The molecule has 0 spiro atoms. The summed E-state index contributed by atoms with van der Waals surface area (Å²) in [5, 5.41) is 6.39. The summed E-state index contributed by atoms with van der Waals surface area (Å²) in [5.74, 6) is -0.200. The van der Waals surface area contributed by atoms with E-state index in [1.807, 2.05) is 12.3 Å². The number of rotatable bonds is 5. The van der Waals surface area contributed by atoms with Crippen LogP contribution in [0.25, 0.3) is 0 Å². The maximum atomic E-state index is 11.4. The van der Waals surface area contributed by atoms with Gasteiger partial charge >= 0.3 is 5.97 Å². The molecule has 0 saturated carbocycles. The molecule has 0 aliphatic carbocycles. The molecular formula is C13H21N3O2S. The Balaban J connectivity index is 1.93. The van der Waals surface area contributed by atoms with Crippen LogP contribution in [-0.2, 0) is 16.0 Å². The molecule has 1 N–H and O–H groups in total. The predicted octanol–water partition coefficient (Wildman–Crippen LogP) is 1.21. The van der Waals surface area contributed by atoms with Crippen LogP contribution in [0.3, 0.4) is 0 Å². The van der Waals surface area contributed by atoms with Crippen molar-refractivity contribution in [2.75, 3.05) is 32.8 Å². The highest BCUT2D eigenvalue weighted by Crippen LogP contribution is 2.24. The van der Waals surface area contributed by atoms with Gasteiger partial charge in [-0.25, -0.2) is 4.98 Å². The van der Waals surface area contributed by atoms with Crippen molar-refractivity contribution in [3.8, 4) is 0 Å². The lowest BCUT2D eigenvalue weighted by Gasteiger charge is -2.31. The van der Waals surface area contributed by atoms with E-state index in [1.54, 1.807) is 11.3 Å². The minimum absolute atomic E-state index is 0.200. The van der Waals surface area contributed by atoms with Gasteiger partial charge in [0.05, 0.1) is 24.8 Å². The summed E-state index contributed by atoms with van der Waals surface area (Å²) >= 11 is 1.63. The average Bonchev–Trinajstić information content (AvgIpc) is 2.87. The molecule has 1 aliphatic heterocycles. The number of aromatic nitrogens is 1. The van der Waals surface area contributed by atoms with Crippen LogP contribution in [-0.4, -0.2) is 48.6 Å². The molecule has 1 aliphatic rings. The summed E-state index contributed by atoms with van der Waals surface area (Å²) in [6.07, 6.45) is 0.276. The van der Waals surface area contributed by atoms with Gasteiger partial charge in [0, 0.05) is 31.6 Å². The Kier molecular flexibility index (Phi) is 5.30. The fraction of sp³-hybridized carbons (Fsp3) is 0.692. The van der Waals surface area contributed by atoms with E-state index in [2.05, 4.69) is 22.1 Å². The number of nitrogens with one attached hydrogen (secondary N) is 1. The van der Waals surface area contributed by atoms with Crippen LogP contribution in [0, 0.1) is 0 Å². The number of piperazine rings is 1. The lowest BCUT2D eigenvalue weighted by atomic mass is 10.2. The van der Waals surface area contributed by atoms with E-state index in [0.29, 0.717) is 12.6 Å². The number of hydrogen-bond donors (Lipinski definition) is 1. The largest absolute Gasteiger partial charge is 0.466 e. The highest BCUT2D eigenvalue weighted by molar-refractivity contribution is 7.09. The number of thiazole rings is 1. The highest BCUT2D eigenvalue weighted by Gasteiger charge is 2.20. The second kappa shape index (κ2) is 6.98. The smallest absolute Gasteiger partial charge is 0.311 e. The van der Waals surface area contributed by atoms with Crippen molar-refractivity contribution in [1.82, 2.24) is 15.2 Å². The zero-order valence-corrected chi connectivity index (χ0v) is 12.3. The van der Waals surface area contributed by atoms with Crippen LogP contribution in [0.5, 0.6) is 0 Å². The monoisotopic (exact) mass is 283 g/mol. The molecule has 19 heavy (non-hydrogen) atoms. The molecule has 1 unspecified atom stereocenters. The first-order chi connectivity index (χ1) is 9.20. The van der Waals surface area contributed by atoms with Crippen molar-refractivity contribution in [2.24, 2.45) is 0 Å². The zero-order chi connectivity index (χ0) is 13.7. The number of carbonyl (C=O) groups excluding carboxylic acids is 1. The minimum Gasteiger partial charge on any atom is -0.466 e. The summed E-state index contributed by atoms with van der Waals surface area (Å²) in [6.45, 7) is 8.58. The van der Waals surface area contributed by atoms with E-state index < -0.39 is 0 Å². The second-order valence-corrected chi connectivity index (χ2v) is 5.51. The first-order valence-corrected chi connectivity index (χ1v) is 7.63. The van der Waals surface area contributed by atoms with E-state index in [0.717, 1.165) is 36.9 Å². The topological polar surface area (TPSA) is 54.5 Å². The zero-order valence-electron chi connectivity index (χ0n) is 11.5. The summed E-state index contributed by atoms with van der Waals surface area (Å²) in [4.78, 5) is 18.4. The molecule has 1 atom stereocenters. The van der Waals surface area contributed by atoms with Crippen molar-refractivity contribution in [3.05, 3.63) is 16.1 Å². The molecule has 0 amide bonds. The Morgan fingerprint density at radius 3 is 3.00 bits per heavy atom. The van der Waals surface area contributed by atoms with Crippen molar-refractivity contribution in [1.29, 1.82) is 0 Å². The van der Waals surface area contributed by atoms with E-state index in [9.17, 15) is 4.79 Å². The first kappa shape index (κ1) is 14.4. The number of hydrogen-bond acceptors (Lipinski definition) is 6. The normalized spacial score (nSPS) is 18.2. The van der Waals surface area contributed by atoms with Gasteiger partial charge in [-0.05, 0) is 13.8 Å². The van der Waals surface area contributed by atoms with Gasteiger partial charge in [-0.2, -0.15) is 0 Å². The van der Waals surface area contributed by atoms with Gasteiger partial charge in [-0.3, -0.25) is 9.69 Å². The molecule has 5 nitrogen and oxygen atoms in total. The maximum absolute atomic E-state index is 11.4. The highest BCUT2D eigenvalue weighted by atomic mass is 32.1. The molecule has 0 bridgehead atoms. The van der Waals surface area contributed by atoms with Gasteiger partial charge in [0.25, 0.3) is 0 Å². The van der Waals surface area contributed by atoms with Gasteiger partial charge in [-0.15, -0.1) is 11.3 Å². The average molecular weight is 283 g/mol. The molecule has 0 aromatic carbocycles. The lowest BCUT2D eigenvalue weighted by molar-refractivity contribution is -0.142. The molecule has 1 aromatic rings. The standard InChI is InChI=1S/C13H21N3O2S/c1-3-18-12(17)8-11-9-19-13(15-11)10(2)16-6-4-14-5-7-16/h9-10,14H,3-8H2,1-2H3. The number of nitrogens with zero attached hydrogens (tertiary/aromatic N) is 2. The number of ether oxygens (including phenoxy) is 1. The van der Waals surface area contributed by atoms with Crippen LogP contribution in [0.2, 0.25) is 0 Å². The van der Waals surface area contributed by atoms with Crippen molar-refractivity contribution >= 4 is 17.3 Å². The maximum Gasteiger partial charge on any atom is 0.311 e. The molecular weight excluding hydrogens is 262 g/mol. The number of esters is 1. The summed E-state index contributed by atoms with van der Waals surface area (Å²) in [7, 11) is 0. The fourth-order valence-corrected chi connectivity index (χ4v) is 3.09. The van der Waals surface area contributed by atoms with Crippen LogP contribution in [0.1, 0.15) is 30.6 Å². The van der Waals surface area contributed by atoms with E-state index >= 15 is 0 Å². The van der Waals surface area contributed by atoms with Crippen molar-refractivity contribution in [2.45, 2.75) is 26.3 Å². The third-order valence-electron chi connectivity index (χ3n) is 3.26. The van der Waals surface area contributed by atoms with Crippen molar-refractivity contribution in [3.63, 3.8) is 0 Å². The van der Waals surface area contributed by atoms with E-state index in [1.165, 1.54) is 0 Å². The first-order valence-electron chi connectivity index (χ1n) is 6.75. The molecule has 6 heteroatoms. The molecule has 1 aromatic heterocycles. The van der Waals surface area contributed by atoms with Crippen LogP contribution < -0.4 is 5.32 Å². The third kappa shape index (κ3) is 3.99. The Hall–Kier alpha value is -0.980. The predicted molar refractivity (Wildman–Crippen MR) is 75.3 cm³/mol. The quantitative estimate of drug-likeness (QED) is 0.823. The summed E-state index contributed by atoms with van der Waals surface area (Å²) in [6, 6.07) is 0.322. The summed E-state index contributed by atoms with van der Waals surface area (Å²) < 4.78 is 4.94. The molecule has 1 saturated heterocycles. The Morgan fingerprint density at radius 2 is 2.32 bits per heavy atom. The van der Waals surface area contributed by atoms with Gasteiger partial charge < -0.3 is 10.1 Å². The Bertz CT molecular complexity index is 416. The fourth-order valence-electron chi connectivity index (χ4n) is 2.18. The van der Waals surface area contributed by atoms with Gasteiger partial charge in [0.15, 0.2) is 0 Å². The number of carbonyl (C=O) groups is 1. The molecule has 106 valence electrons. The van der Waals surface area contributed by atoms with Crippen LogP contribution in [0.15, 0.2) is 5.38 Å². The van der Waals surface area contributed by atoms with Gasteiger partial charge in [-0.1, -0.05) is 0 Å². The molecule has 2 rings (SSSR count). The lowest BCUT2D eigenvalue weighted by Crippen LogP contribution is -2.44. The molecule has 0 radical (unpaired) electrons. The minimum atomic E-state index is -0.200. The SMILES string of the molecule is CCOC(=O)Cc1csc(C(C)N2CCNCC2)n1. The van der Waals surface area contributed by atoms with Crippen LogP contribution >= 0.6 is 11.3 Å². The molecule has 1 fully saturated rings.